The average Bonchev–Trinajstić information content (AvgIpc) is 2.74. The van der Waals surface area contributed by atoms with Crippen molar-refractivity contribution in [2.45, 2.75) is 33.6 Å². The van der Waals surface area contributed by atoms with Crippen molar-refractivity contribution in [3.8, 4) is 5.69 Å². The molecule has 0 fully saturated rings. The molecule has 3 heteroatoms. The largest absolute Gasteiger partial charge is 0.300 e. The molecule has 1 aromatic carbocycles. The maximum atomic E-state index is 11.0. The van der Waals surface area contributed by atoms with E-state index in [1.54, 1.807) is 6.92 Å². The molecule has 0 bridgehead atoms. The molecular weight excluding hydrogens is 224 g/mol. The Morgan fingerprint density at radius 1 is 1.28 bits per heavy atom. The quantitative estimate of drug-likeness (QED) is 0.826. The Balaban J connectivity index is 2.29. The number of aromatic nitrogens is 2. The van der Waals surface area contributed by atoms with Crippen LogP contribution in [0.15, 0.2) is 30.5 Å². The summed E-state index contributed by atoms with van der Waals surface area (Å²) >= 11 is 0. The lowest BCUT2D eigenvalue weighted by atomic mass is 10.0. The Morgan fingerprint density at radius 2 is 2.06 bits per heavy atom. The first-order valence-corrected chi connectivity index (χ1v) is 6.18. The first-order valence-electron chi connectivity index (χ1n) is 6.18. The standard InChI is InChI=1S/C15H18N2O/c1-11-4-6-14(7-5-13(3)18)10-15(11)17-9-8-12(2)16-17/h4,6,8-10H,5,7H2,1-3H3. The molecule has 3 nitrogen and oxygen atoms in total. The molecule has 0 saturated carbocycles. The molecule has 2 rings (SSSR count). The van der Waals surface area contributed by atoms with E-state index >= 15 is 0 Å². The van der Waals surface area contributed by atoms with E-state index in [-0.39, 0.29) is 5.78 Å². The van der Waals surface area contributed by atoms with Crippen LogP contribution in [0.3, 0.4) is 0 Å². The van der Waals surface area contributed by atoms with E-state index in [9.17, 15) is 4.79 Å². The van der Waals surface area contributed by atoms with Crippen LogP contribution in [0.25, 0.3) is 5.69 Å². The molecule has 18 heavy (non-hydrogen) atoms. The summed E-state index contributed by atoms with van der Waals surface area (Å²) in [6, 6.07) is 8.27. The topological polar surface area (TPSA) is 34.9 Å². The van der Waals surface area contributed by atoms with Crippen LogP contribution in [0.2, 0.25) is 0 Å². The molecule has 1 heterocycles. The van der Waals surface area contributed by atoms with Crippen LogP contribution in [-0.4, -0.2) is 15.6 Å². The summed E-state index contributed by atoms with van der Waals surface area (Å²) in [4.78, 5) is 11.0. The van der Waals surface area contributed by atoms with Gasteiger partial charge in [0, 0.05) is 12.6 Å². The first kappa shape index (κ1) is 12.6. The van der Waals surface area contributed by atoms with E-state index in [0.29, 0.717) is 6.42 Å². The molecule has 0 spiro atoms. The van der Waals surface area contributed by atoms with Crippen LogP contribution in [0.1, 0.15) is 30.2 Å². The molecule has 0 aliphatic carbocycles. The lowest BCUT2D eigenvalue weighted by molar-refractivity contribution is -0.116. The van der Waals surface area contributed by atoms with E-state index in [0.717, 1.165) is 17.8 Å². The number of ketones is 1. The van der Waals surface area contributed by atoms with Gasteiger partial charge in [-0.05, 0) is 50.5 Å². The second-order valence-electron chi connectivity index (χ2n) is 4.72. The van der Waals surface area contributed by atoms with Gasteiger partial charge in [0.15, 0.2) is 0 Å². The Bertz CT molecular complexity index is 570. The number of carbonyl (C=O) groups excluding carboxylic acids is 1. The Hall–Kier alpha value is -1.90. The minimum atomic E-state index is 0.229. The third-order valence-electron chi connectivity index (χ3n) is 3.01. The second kappa shape index (κ2) is 5.17. The van der Waals surface area contributed by atoms with Crippen molar-refractivity contribution in [2.75, 3.05) is 0 Å². The Morgan fingerprint density at radius 3 is 2.67 bits per heavy atom. The maximum Gasteiger partial charge on any atom is 0.130 e. The number of aryl methyl sites for hydroxylation is 3. The Labute approximate surface area is 107 Å². The van der Waals surface area contributed by atoms with Gasteiger partial charge in [0.05, 0.1) is 11.4 Å². The average molecular weight is 242 g/mol. The minimum Gasteiger partial charge on any atom is -0.300 e. The van der Waals surface area contributed by atoms with Gasteiger partial charge in [0.2, 0.25) is 0 Å². The third kappa shape index (κ3) is 2.86. The van der Waals surface area contributed by atoms with Crippen LogP contribution < -0.4 is 0 Å². The smallest absolute Gasteiger partial charge is 0.130 e. The summed E-state index contributed by atoms with van der Waals surface area (Å²) < 4.78 is 1.89. The zero-order valence-corrected chi connectivity index (χ0v) is 11.1. The van der Waals surface area contributed by atoms with Crippen molar-refractivity contribution in [3.05, 3.63) is 47.3 Å². The van der Waals surface area contributed by atoms with Crippen LogP contribution in [0, 0.1) is 13.8 Å². The van der Waals surface area contributed by atoms with Crippen LogP contribution in [-0.2, 0) is 11.2 Å². The maximum absolute atomic E-state index is 11.0. The summed E-state index contributed by atoms with van der Waals surface area (Å²) in [6.07, 6.45) is 3.36. The number of nitrogens with zero attached hydrogens (tertiary/aromatic N) is 2. The van der Waals surface area contributed by atoms with E-state index < -0.39 is 0 Å². The third-order valence-corrected chi connectivity index (χ3v) is 3.01. The van der Waals surface area contributed by atoms with Crippen molar-refractivity contribution < 1.29 is 4.79 Å². The molecule has 0 atom stereocenters. The van der Waals surface area contributed by atoms with Gasteiger partial charge in [0.25, 0.3) is 0 Å². The predicted molar refractivity (Wildman–Crippen MR) is 72.0 cm³/mol. The molecular formula is C15H18N2O. The number of hydrogen-bond donors (Lipinski definition) is 0. The van der Waals surface area contributed by atoms with Gasteiger partial charge in [-0.1, -0.05) is 12.1 Å². The first-order chi connectivity index (χ1) is 8.56. The number of rotatable bonds is 4. The van der Waals surface area contributed by atoms with Gasteiger partial charge in [-0.3, -0.25) is 0 Å². The number of Topliss-reactive ketones (excluding diaryl/α,β-unsaturated/α-hetero) is 1. The summed E-state index contributed by atoms with van der Waals surface area (Å²) in [6.45, 7) is 5.68. The zero-order valence-electron chi connectivity index (χ0n) is 11.1. The summed E-state index contributed by atoms with van der Waals surface area (Å²) in [5.74, 6) is 0.229. The number of hydrogen-bond acceptors (Lipinski definition) is 2. The summed E-state index contributed by atoms with van der Waals surface area (Å²) in [5, 5.41) is 4.43. The molecule has 0 amide bonds. The van der Waals surface area contributed by atoms with Crippen molar-refractivity contribution in [2.24, 2.45) is 0 Å². The van der Waals surface area contributed by atoms with Crippen molar-refractivity contribution in [3.63, 3.8) is 0 Å². The Kier molecular flexibility index (Phi) is 3.60. The van der Waals surface area contributed by atoms with Gasteiger partial charge in [-0.25, -0.2) is 4.68 Å². The van der Waals surface area contributed by atoms with E-state index in [1.165, 1.54) is 11.1 Å². The minimum absolute atomic E-state index is 0.229. The van der Waals surface area contributed by atoms with E-state index in [2.05, 4.69) is 30.2 Å². The van der Waals surface area contributed by atoms with Crippen LogP contribution >= 0.6 is 0 Å². The monoisotopic (exact) mass is 242 g/mol. The van der Waals surface area contributed by atoms with Gasteiger partial charge < -0.3 is 4.79 Å². The van der Waals surface area contributed by atoms with Crippen molar-refractivity contribution in [1.29, 1.82) is 0 Å². The SMILES string of the molecule is CC(=O)CCc1ccc(C)c(-n2ccc(C)n2)c1. The van der Waals surface area contributed by atoms with Crippen molar-refractivity contribution >= 4 is 5.78 Å². The zero-order chi connectivity index (χ0) is 13.1. The highest BCUT2D eigenvalue weighted by Gasteiger charge is 2.05. The van der Waals surface area contributed by atoms with Gasteiger partial charge in [0.1, 0.15) is 5.78 Å². The lowest BCUT2D eigenvalue weighted by Gasteiger charge is -2.08. The number of benzene rings is 1. The molecule has 1 aromatic heterocycles. The molecule has 0 N–H and O–H groups in total. The number of carbonyl (C=O) groups is 1. The van der Waals surface area contributed by atoms with Gasteiger partial charge in [-0.15, -0.1) is 0 Å². The predicted octanol–water partition coefficient (Wildman–Crippen LogP) is 3.01. The van der Waals surface area contributed by atoms with Gasteiger partial charge in [-0.2, -0.15) is 5.10 Å². The van der Waals surface area contributed by atoms with Crippen LogP contribution in [0.4, 0.5) is 0 Å². The molecule has 0 aliphatic heterocycles. The highest BCUT2D eigenvalue weighted by molar-refractivity contribution is 5.75. The fraction of sp³-hybridized carbons (Fsp3) is 0.333. The fourth-order valence-corrected chi connectivity index (χ4v) is 1.93. The molecule has 0 radical (unpaired) electrons. The molecule has 0 saturated heterocycles. The molecule has 0 aliphatic rings. The molecule has 94 valence electrons. The summed E-state index contributed by atoms with van der Waals surface area (Å²) in [7, 11) is 0. The highest BCUT2D eigenvalue weighted by Crippen LogP contribution is 2.17. The molecule has 2 aromatic rings. The fourth-order valence-electron chi connectivity index (χ4n) is 1.93. The molecule has 0 unspecified atom stereocenters. The van der Waals surface area contributed by atoms with Crippen LogP contribution in [0.5, 0.6) is 0 Å². The van der Waals surface area contributed by atoms with Gasteiger partial charge >= 0.3 is 0 Å². The lowest BCUT2D eigenvalue weighted by Crippen LogP contribution is -2.01. The normalized spacial score (nSPS) is 10.6. The van der Waals surface area contributed by atoms with Crippen molar-refractivity contribution in [1.82, 2.24) is 9.78 Å². The van der Waals surface area contributed by atoms with E-state index in [1.807, 2.05) is 23.9 Å². The van der Waals surface area contributed by atoms with E-state index in [4.69, 9.17) is 0 Å². The summed E-state index contributed by atoms with van der Waals surface area (Å²) in [5.41, 5.74) is 4.45. The highest BCUT2D eigenvalue weighted by atomic mass is 16.1. The second-order valence-corrected chi connectivity index (χ2v) is 4.72.